The molecule has 2 rings (SSSR count). The summed E-state index contributed by atoms with van der Waals surface area (Å²) in [5, 5.41) is 0. The highest BCUT2D eigenvalue weighted by Gasteiger charge is 2.56. The monoisotopic (exact) mass is 235 g/mol. The van der Waals surface area contributed by atoms with Gasteiger partial charge in [-0.1, -0.05) is 19.9 Å². The summed E-state index contributed by atoms with van der Waals surface area (Å²) in [5.74, 6) is 2.01. The van der Waals surface area contributed by atoms with Gasteiger partial charge in [0.1, 0.15) is 0 Å². The van der Waals surface area contributed by atoms with E-state index in [1.807, 2.05) is 19.1 Å². The van der Waals surface area contributed by atoms with Crippen molar-refractivity contribution in [3.8, 4) is 11.5 Å². The number of rotatable bonds is 4. The molecule has 2 atom stereocenters. The van der Waals surface area contributed by atoms with Crippen LogP contribution in [0.4, 0.5) is 0 Å². The van der Waals surface area contributed by atoms with Crippen molar-refractivity contribution in [3.63, 3.8) is 0 Å². The van der Waals surface area contributed by atoms with E-state index in [0.29, 0.717) is 12.5 Å². The highest BCUT2D eigenvalue weighted by molar-refractivity contribution is 5.47. The molecular weight excluding hydrogens is 214 g/mol. The second-order valence-electron chi connectivity index (χ2n) is 5.17. The molecule has 1 aliphatic rings. The second-order valence-corrected chi connectivity index (χ2v) is 5.17. The number of hydrogen-bond donors (Lipinski definition) is 1. The summed E-state index contributed by atoms with van der Waals surface area (Å²) in [4.78, 5) is 0. The van der Waals surface area contributed by atoms with E-state index >= 15 is 0 Å². The molecule has 1 aliphatic carbocycles. The minimum atomic E-state index is 0.193. The standard InChI is InChI=1S/C14H21NO2/c1-5-17-10-7-6-9(8-11(10)16-4)12-13(15)14(12,2)3/h6-8,12-13H,5,15H2,1-4H3/t12-,13-/m1/s1. The van der Waals surface area contributed by atoms with Crippen LogP contribution >= 0.6 is 0 Å². The predicted octanol–water partition coefficient (Wildman–Crippen LogP) is 2.54. The number of nitrogens with two attached hydrogens (primary N) is 1. The van der Waals surface area contributed by atoms with Crippen molar-refractivity contribution in [2.75, 3.05) is 13.7 Å². The zero-order valence-corrected chi connectivity index (χ0v) is 11.0. The molecule has 0 saturated heterocycles. The Balaban J connectivity index is 2.27. The largest absolute Gasteiger partial charge is 0.493 e. The second kappa shape index (κ2) is 4.22. The minimum absolute atomic E-state index is 0.193. The van der Waals surface area contributed by atoms with E-state index in [9.17, 15) is 0 Å². The molecule has 1 fully saturated rings. The highest BCUT2D eigenvalue weighted by Crippen LogP contribution is 2.57. The van der Waals surface area contributed by atoms with Crippen LogP contribution in [0.3, 0.4) is 0 Å². The molecule has 0 spiro atoms. The van der Waals surface area contributed by atoms with Crippen molar-refractivity contribution in [1.82, 2.24) is 0 Å². The molecule has 0 aromatic heterocycles. The summed E-state index contributed by atoms with van der Waals surface area (Å²) in [6.45, 7) is 7.01. The molecule has 0 bridgehead atoms. The molecule has 1 aromatic carbocycles. The molecule has 17 heavy (non-hydrogen) atoms. The van der Waals surface area contributed by atoms with Crippen molar-refractivity contribution in [2.45, 2.75) is 32.7 Å². The molecule has 0 aliphatic heterocycles. The van der Waals surface area contributed by atoms with Crippen LogP contribution in [0, 0.1) is 5.41 Å². The summed E-state index contributed by atoms with van der Waals surface area (Å²) in [6.07, 6.45) is 0. The van der Waals surface area contributed by atoms with E-state index in [0.717, 1.165) is 11.5 Å². The Morgan fingerprint density at radius 2 is 1.94 bits per heavy atom. The van der Waals surface area contributed by atoms with Gasteiger partial charge in [0.05, 0.1) is 13.7 Å². The van der Waals surface area contributed by atoms with Gasteiger partial charge in [-0.25, -0.2) is 0 Å². The van der Waals surface area contributed by atoms with E-state index in [2.05, 4.69) is 19.9 Å². The Hall–Kier alpha value is -1.22. The molecule has 0 radical (unpaired) electrons. The fourth-order valence-electron chi connectivity index (χ4n) is 2.47. The molecule has 3 nitrogen and oxygen atoms in total. The smallest absolute Gasteiger partial charge is 0.161 e. The molecule has 0 amide bonds. The molecule has 1 saturated carbocycles. The number of methoxy groups -OCH3 is 1. The lowest BCUT2D eigenvalue weighted by Crippen LogP contribution is -2.06. The topological polar surface area (TPSA) is 44.5 Å². The molecule has 1 aromatic rings. The molecule has 2 N–H and O–H groups in total. The summed E-state index contributed by atoms with van der Waals surface area (Å²) in [6, 6.07) is 6.35. The first kappa shape index (κ1) is 12.2. The third-order valence-corrected chi connectivity index (χ3v) is 3.76. The normalized spacial score (nSPS) is 25.5. The lowest BCUT2D eigenvalue weighted by Gasteiger charge is -2.11. The van der Waals surface area contributed by atoms with Crippen molar-refractivity contribution in [3.05, 3.63) is 23.8 Å². The zero-order chi connectivity index (χ0) is 12.6. The van der Waals surface area contributed by atoms with E-state index in [1.165, 1.54) is 5.56 Å². The summed E-state index contributed by atoms with van der Waals surface area (Å²) < 4.78 is 10.9. The molecule has 94 valence electrons. The van der Waals surface area contributed by atoms with E-state index in [4.69, 9.17) is 15.2 Å². The number of hydrogen-bond acceptors (Lipinski definition) is 3. The fraction of sp³-hybridized carbons (Fsp3) is 0.571. The maximum absolute atomic E-state index is 6.09. The van der Waals surface area contributed by atoms with Crippen molar-refractivity contribution >= 4 is 0 Å². The molecular formula is C14H21NO2. The van der Waals surface area contributed by atoms with Gasteiger partial charge < -0.3 is 15.2 Å². The average molecular weight is 235 g/mol. The van der Waals surface area contributed by atoms with Gasteiger partial charge in [-0.2, -0.15) is 0 Å². The Morgan fingerprint density at radius 1 is 1.29 bits per heavy atom. The zero-order valence-electron chi connectivity index (χ0n) is 11.0. The maximum Gasteiger partial charge on any atom is 0.161 e. The number of ether oxygens (including phenoxy) is 2. The van der Waals surface area contributed by atoms with E-state index in [-0.39, 0.29) is 11.5 Å². The van der Waals surface area contributed by atoms with Crippen molar-refractivity contribution in [2.24, 2.45) is 11.1 Å². The van der Waals surface area contributed by atoms with E-state index < -0.39 is 0 Å². The molecule has 0 heterocycles. The van der Waals surface area contributed by atoms with Gasteiger partial charge in [0.25, 0.3) is 0 Å². The Kier molecular flexibility index (Phi) is 3.04. The third-order valence-electron chi connectivity index (χ3n) is 3.76. The number of benzene rings is 1. The minimum Gasteiger partial charge on any atom is -0.493 e. The molecule has 0 unspecified atom stereocenters. The average Bonchev–Trinajstić information content (AvgIpc) is 2.79. The summed E-state index contributed by atoms with van der Waals surface area (Å²) >= 11 is 0. The van der Waals surface area contributed by atoms with E-state index in [1.54, 1.807) is 7.11 Å². The van der Waals surface area contributed by atoms with Gasteiger partial charge in [0.15, 0.2) is 11.5 Å². The Labute approximate surface area is 103 Å². The van der Waals surface area contributed by atoms with Gasteiger partial charge in [0, 0.05) is 12.0 Å². The van der Waals surface area contributed by atoms with Crippen LogP contribution in [0.15, 0.2) is 18.2 Å². The maximum atomic E-state index is 6.09. The predicted molar refractivity (Wildman–Crippen MR) is 68.7 cm³/mol. The third kappa shape index (κ3) is 2.00. The first-order chi connectivity index (χ1) is 8.02. The van der Waals surface area contributed by atoms with Crippen LogP contribution in [-0.4, -0.2) is 19.8 Å². The van der Waals surface area contributed by atoms with Crippen molar-refractivity contribution < 1.29 is 9.47 Å². The van der Waals surface area contributed by atoms with Crippen LogP contribution < -0.4 is 15.2 Å². The lowest BCUT2D eigenvalue weighted by molar-refractivity contribution is 0.310. The van der Waals surface area contributed by atoms with Gasteiger partial charge >= 0.3 is 0 Å². The lowest BCUT2D eigenvalue weighted by atomic mass is 10.0. The van der Waals surface area contributed by atoms with Crippen LogP contribution in [-0.2, 0) is 0 Å². The van der Waals surface area contributed by atoms with Crippen LogP contribution in [0.5, 0.6) is 11.5 Å². The highest BCUT2D eigenvalue weighted by atomic mass is 16.5. The SMILES string of the molecule is CCOc1ccc([C@@H]2[C@@H](N)C2(C)C)cc1OC. The van der Waals surface area contributed by atoms with Crippen LogP contribution in [0.25, 0.3) is 0 Å². The van der Waals surface area contributed by atoms with Gasteiger partial charge in [-0.15, -0.1) is 0 Å². The first-order valence-electron chi connectivity index (χ1n) is 6.08. The molecule has 3 heteroatoms. The van der Waals surface area contributed by atoms with Crippen LogP contribution in [0.2, 0.25) is 0 Å². The van der Waals surface area contributed by atoms with Gasteiger partial charge in [0.2, 0.25) is 0 Å². The fourth-order valence-corrected chi connectivity index (χ4v) is 2.47. The Bertz CT molecular complexity index is 415. The van der Waals surface area contributed by atoms with Crippen molar-refractivity contribution in [1.29, 1.82) is 0 Å². The van der Waals surface area contributed by atoms with Gasteiger partial charge in [-0.05, 0) is 30.0 Å². The first-order valence-corrected chi connectivity index (χ1v) is 6.08. The summed E-state index contributed by atoms with van der Waals surface area (Å²) in [5.41, 5.74) is 7.52. The van der Waals surface area contributed by atoms with Gasteiger partial charge in [-0.3, -0.25) is 0 Å². The quantitative estimate of drug-likeness (QED) is 0.872. The Morgan fingerprint density at radius 3 is 2.41 bits per heavy atom. The summed E-state index contributed by atoms with van der Waals surface area (Å²) in [7, 11) is 1.67. The van der Waals surface area contributed by atoms with Crippen LogP contribution in [0.1, 0.15) is 32.3 Å².